The third kappa shape index (κ3) is 7.83. The Morgan fingerprint density at radius 1 is 1.19 bits per heavy atom. The van der Waals surface area contributed by atoms with Crippen molar-refractivity contribution in [1.29, 1.82) is 0 Å². The van der Waals surface area contributed by atoms with Gasteiger partial charge in [-0.25, -0.2) is 13.6 Å². The zero-order chi connectivity index (χ0) is 20.2. The minimum Gasteiger partial charge on any atom is -0.497 e. The second-order valence-corrected chi connectivity index (χ2v) is 5.55. The average molecular weight is 379 g/mol. The van der Waals surface area contributed by atoms with E-state index in [0.717, 1.165) is 36.3 Å². The van der Waals surface area contributed by atoms with Gasteiger partial charge in [-0.15, -0.1) is 0 Å². The van der Waals surface area contributed by atoms with Gasteiger partial charge in [0.1, 0.15) is 12.0 Å². The van der Waals surface area contributed by atoms with Crippen LogP contribution in [-0.2, 0) is 4.79 Å². The molecule has 0 aliphatic rings. The van der Waals surface area contributed by atoms with Gasteiger partial charge in [0.2, 0.25) is 0 Å². The monoisotopic (exact) mass is 379 g/mol. The Hall–Kier alpha value is -3.00. The molecule has 2 amide bonds. The van der Waals surface area contributed by atoms with E-state index < -0.39 is 17.7 Å². The molecular weight excluding hydrogens is 356 g/mol. The second kappa shape index (κ2) is 11.6. The summed E-state index contributed by atoms with van der Waals surface area (Å²) in [6.07, 6.45) is 1.51. The standard InChI is InChI=1S/C12H17NO2.C7H6F2N2O/c1-13-9-11(7-8-14)10-3-5-12(15-2)6-4-10;8-5-2-1-4(3-6(5)9)11-7(10)12/h3-6,8,11,13H,7,9H2,1-2H3;1-3H,(H3,10,11,12). The Labute approximate surface area is 156 Å². The number of aldehydes is 1. The van der Waals surface area contributed by atoms with E-state index in [9.17, 15) is 18.4 Å². The van der Waals surface area contributed by atoms with Gasteiger partial charge in [-0.3, -0.25) is 0 Å². The molecule has 2 aromatic rings. The molecule has 8 heteroatoms. The number of nitrogens with two attached hydrogens (primary N) is 1. The third-order valence-corrected chi connectivity index (χ3v) is 3.61. The van der Waals surface area contributed by atoms with Crippen molar-refractivity contribution in [2.45, 2.75) is 12.3 Å². The van der Waals surface area contributed by atoms with Gasteiger partial charge in [-0.05, 0) is 36.9 Å². The van der Waals surface area contributed by atoms with E-state index in [1.807, 2.05) is 31.3 Å². The maximum atomic E-state index is 12.5. The summed E-state index contributed by atoms with van der Waals surface area (Å²) in [5, 5.41) is 5.19. The molecule has 2 rings (SSSR count). The second-order valence-electron chi connectivity index (χ2n) is 5.55. The van der Waals surface area contributed by atoms with Crippen molar-refractivity contribution >= 4 is 18.0 Å². The lowest BCUT2D eigenvalue weighted by Gasteiger charge is -2.14. The number of benzene rings is 2. The molecule has 2 aromatic carbocycles. The molecule has 0 saturated heterocycles. The van der Waals surface area contributed by atoms with E-state index in [0.29, 0.717) is 6.42 Å². The van der Waals surface area contributed by atoms with E-state index in [2.05, 4.69) is 10.6 Å². The predicted molar refractivity (Wildman–Crippen MR) is 99.9 cm³/mol. The molecule has 4 N–H and O–H groups in total. The number of ether oxygens (including phenoxy) is 1. The quantitative estimate of drug-likeness (QED) is 0.645. The number of carbonyl (C=O) groups excluding carboxylic acids is 2. The molecule has 0 aromatic heterocycles. The molecule has 0 radical (unpaired) electrons. The van der Waals surface area contributed by atoms with Gasteiger partial charge in [0, 0.05) is 30.6 Å². The molecular formula is C19H23F2N3O3. The number of primary amides is 1. The van der Waals surface area contributed by atoms with Crippen molar-refractivity contribution in [3.05, 3.63) is 59.7 Å². The van der Waals surface area contributed by atoms with Crippen molar-refractivity contribution in [1.82, 2.24) is 5.32 Å². The maximum Gasteiger partial charge on any atom is 0.316 e. The van der Waals surface area contributed by atoms with Crippen LogP contribution in [0.15, 0.2) is 42.5 Å². The number of likely N-dealkylation sites (N-methyl/N-ethyl adjacent to an activating group) is 1. The van der Waals surface area contributed by atoms with E-state index >= 15 is 0 Å². The van der Waals surface area contributed by atoms with Crippen LogP contribution in [0.25, 0.3) is 0 Å². The van der Waals surface area contributed by atoms with Gasteiger partial charge in [0.25, 0.3) is 0 Å². The molecule has 0 saturated carbocycles. The molecule has 0 aliphatic heterocycles. The highest BCUT2D eigenvalue weighted by Gasteiger charge is 2.09. The van der Waals surface area contributed by atoms with E-state index in [1.54, 1.807) is 7.11 Å². The normalized spacial score (nSPS) is 11.0. The molecule has 0 fully saturated rings. The maximum absolute atomic E-state index is 12.5. The number of hydrogen-bond acceptors (Lipinski definition) is 4. The molecule has 27 heavy (non-hydrogen) atoms. The summed E-state index contributed by atoms with van der Waals surface area (Å²) in [6.45, 7) is 0.811. The van der Waals surface area contributed by atoms with Crippen LogP contribution in [-0.4, -0.2) is 33.0 Å². The van der Waals surface area contributed by atoms with Gasteiger partial charge in [-0.1, -0.05) is 12.1 Å². The first-order chi connectivity index (χ1) is 12.9. The van der Waals surface area contributed by atoms with Crippen LogP contribution in [0.1, 0.15) is 17.9 Å². The fourth-order valence-corrected chi connectivity index (χ4v) is 2.29. The fraction of sp³-hybridized carbons (Fsp3) is 0.263. The molecule has 0 heterocycles. The average Bonchev–Trinajstić information content (AvgIpc) is 2.65. The zero-order valence-electron chi connectivity index (χ0n) is 15.2. The largest absolute Gasteiger partial charge is 0.497 e. The lowest BCUT2D eigenvalue weighted by atomic mass is 9.96. The number of rotatable bonds is 7. The van der Waals surface area contributed by atoms with Gasteiger partial charge >= 0.3 is 6.03 Å². The topological polar surface area (TPSA) is 93.4 Å². The van der Waals surface area contributed by atoms with Crippen LogP contribution in [0, 0.1) is 11.6 Å². The number of halogens is 2. The first-order valence-electron chi connectivity index (χ1n) is 8.15. The first kappa shape index (κ1) is 22.0. The lowest BCUT2D eigenvalue weighted by Crippen LogP contribution is -2.19. The minimum absolute atomic E-state index is 0.126. The number of amides is 2. The third-order valence-electron chi connectivity index (χ3n) is 3.61. The number of hydrogen-bond donors (Lipinski definition) is 3. The molecule has 146 valence electrons. The van der Waals surface area contributed by atoms with Crippen molar-refractivity contribution in [3.63, 3.8) is 0 Å². The number of urea groups is 1. The number of nitrogens with one attached hydrogen (secondary N) is 2. The summed E-state index contributed by atoms with van der Waals surface area (Å²) in [6, 6.07) is 9.99. The highest BCUT2D eigenvalue weighted by molar-refractivity contribution is 5.87. The van der Waals surface area contributed by atoms with Gasteiger partial charge < -0.3 is 25.9 Å². The smallest absolute Gasteiger partial charge is 0.316 e. The summed E-state index contributed by atoms with van der Waals surface area (Å²) < 4.78 is 29.9. The Morgan fingerprint density at radius 2 is 1.85 bits per heavy atom. The Balaban J connectivity index is 0.000000277. The van der Waals surface area contributed by atoms with E-state index in [1.165, 1.54) is 6.07 Å². The summed E-state index contributed by atoms with van der Waals surface area (Å²) >= 11 is 0. The predicted octanol–water partition coefficient (Wildman–Crippen LogP) is 3.04. The van der Waals surface area contributed by atoms with Crippen molar-refractivity contribution < 1.29 is 23.1 Å². The van der Waals surface area contributed by atoms with E-state index in [4.69, 9.17) is 10.5 Å². The van der Waals surface area contributed by atoms with Crippen molar-refractivity contribution in [2.75, 3.05) is 26.0 Å². The molecule has 1 unspecified atom stereocenters. The van der Waals surface area contributed by atoms with Crippen LogP contribution in [0.5, 0.6) is 5.75 Å². The molecule has 6 nitrogen and oxygen atoms in total. The summed E-state index contributed by atoms with van der Waals surface area (Å²) in [7, 11) is 3.53. The zero-order valence-corrected chi connectivity index (χ0v) is 15.2. The summed E-state index contributed by atoms with van der Waals surface area (Å²) in [5.74, 6) is -0.905. The van der Waals surface area contributed by atoms with Crippen LogP contribution < -0.4 is 21.1 Å². The summed E-state index contributed by atoms with van der Waals surface area (Å²) in [4.78, 5) is 20.8. The van der Waals surface area contributed by atoms with Crippen molar-refractivity contribution in [3.8, 4) is 5.75 Å². The highest BCUT2D eigenvalue weighted by atomic mass is 19.2. The Bertz CT molecular complexity index is 739. The number of carbonyl (C=O) groups is 2. The fourth-order valence-electron chi connectivity index (χ4n) is 2.29. The number of anilines is 1. The van der Waals surface area contributed by atoms with Gasteiger partial charge in [0.05, 0.1) is 7.11 Å². The lowest BCUT2D eigenvalue weighted by molar-refractivity contribution is -0.108. The molecule has 0 spiro atoms. The van der Waals surface area contributed by atoms with Gasteiger partial charge in [0.15, 0.2) is 11.6 Å². The van der Waals surface area contributed by atoms with Crippen LogP contribution in [0.2, 0.25) is 0 Å². The molecule has 1 atom stereocenters. The van der Waals surface area contributed by atoms with Gasteiger partial charge in [-0.2, -0.15) is 0 Å². The summed E-state index contributed by atoms with van der Waals surface area (Å²) in [5.41, 5.74) is 6.04. The van der Waals surface area contributed by atoms with Crippen molar-refractivity contribution in [2.24, 2.45) is 5.73 Å². The Kier molecular flexibility index (Phi) is 9.46. The highest BCUT2D eigenvalue weighted by Crippen LogP contribution is 2.21. The van der Waals surface area contributed by atoms with Crippen LogP contribution in [0.4, 0.5) is 19.3 Å². The van der Waals surface area contributed by atoms with Crippen LogP contribution >= 0.6 is 0 Å². The molecule has 0 aliphatic carbocycles. The number of methoxy groups -OCH3 is 1. The van der Waals surface area contributed by atoms with E-state index in [-0.39, 0.29) is 11.6 Å². The van der Waals surface area contributed by atoms with Crippen LogP contribution in [0.3, 0.4) is 0 Å². The SMILES string of the molecule is CNCC(CC=O)c1ccc(OC)cc1.NC(=O)Nc1ccc(F)c(F)c1. The first-order valence-corrected chi connectivity index (χ1v) is 8.15. The Morgan fingerprint density at radius 3 is 2.33 bits per heavy atom. The molecule has 0 bridgehead atoms. The minimum atomic E-state index is -1.03.